The first kappa shape index (κ1) is 15.1. The molecule has 0 radical (unpaired) electrons. The molecule has 1 aromatic rings. The molecule has 0 spiro atoms. The molecule has 0 N–H and O–H groups in total. The maximum atomic E-state index is 12.6. The van der Waals surface area contributed by atoms with Gasteiger partial charge in [0.2, 0.25) is 5.91 Å². The highest BCUT2D eigenvalue weighted by molar-refractivity contribution is 5.83. The van der Waals surface area contributed by atoms with Gasteiger partial charge in [-0.2, -0.15) is 0 Å². The maximum Gasteiger partial charge on any atom is 0.313 e. The van der Waals surface area contributed by atoms with Gasteiger partial charge in [0.1, 0.15) is 5.76 Å². The molecule has 2 heterocycles. The second kappa shape index (κ2) is 5.41. The van der Waals surface area contributed by atoms with Crippen LogP contribution in [0, 0.1) is 25.2 Å². The third kappa shape index (κ3) is 2.21. The first-order valence-electron chi connectivity index (χ1n) is 7.76. The van der Waals surface area contributed by atoms with Crippen LogP contribution in [0.4, 0.5) is 0 Å². The van der Waals surface area contributed by atoms with Crippen LogP contribution in [0.5, 0.6) is 0 Å². The summed E-state index contributed by atoms with van der Waals surface area (Å²) in [5, 5.41) is 3.89. The summed E-state index contributed by atoms with van der Waals surface area (Å²) >= 11 is 0. The molecule has 1 aromatic heterocycles. The Morgan fingerprint density at radius 2 is 2.23 bits per heavy atom. The molecule has 1 saturated carbocycles. The number of carbonyl (C=O) groups excluding carboxylic acids is 2. The SMILES string of the molecule is COC(=O)[C@]12CCC[C@@H]1CN(C(=O)Cc1c(C)noc1C)C2. The Labute approximate surface area is 129 Å². The van der Waals surface area contributed by atoms with E-state index in [-0.39, 0.29) is 24.2 Å². The number of aromatic nitrogens is 1. The van der Waals surface area contributed by atoms with E-state index in [9.17, 15) is 9.59 Å². The zero-order chi connectivity index (χ0) is 15.9. The monoisotopic (exact) mass is 306 g/mol. The van der Waals surface area contributed by atoms with Crippen molar-refractivity contribution in [1.82, 2.24) is 10.1 Å². The summed E-state index contributed by atoms with van der Waals surface area (Å²) in [6.45, 7) is 4.79. The van der Waals surface area contributed by atoms with Gasteiger partial charge in [0, 0.05) is 18.7 Å². The summed E-state index contributed by atoms with van der Waals surface area (Å²) in [5.41, 5.74) is 1.13. The zero-order valence-corrected chi connectivity index (χ0v) is 13.3. The second-order valence-corrected chi connectivity index (χ2v) is 6.49. The molecule has 120 valence electrons. The number of ether oxygens (including phenoxy) is 1. The highest BCUT2D eigenvalue weighted by Crippen LogP contribution is 2.49. The van der Waals surface area contributed by atoms with Gasteiger partial charge in [0.05, 0.1) is 24.6 Å². The van der Waals surface area contributed by atoms with Crippen molar-refractivity contribution >= 4 is 11.9 Å². The Bertz CT molecular complexity index is 590. The van der Waals surface area contributed by atoms with Gasteiger partial charge >= 0.3 is 5.97 Å². The largest absolute Gasteiger partial charge is 0.469 e. The van der Waals surface area contributed by atoms with E-state index in [2.05, 4.69) is 5.16 Å². The van der Waals surface area contributed by atoms with Crippen LogP contribution in [-0.2, 0) is 20.7 Å². The maximum absolute atomic E-state index is 12.6. The number of likely N-dealkylation sites (tertiary alicyclic amines) is 1. The van der Waals surface area contributed by atoms with Crippen molar-refractivity contribution < 1.29 is 18.8 Å². The minimum Gasteiger partial charge on any atom is -0.469 e. The molecule has 2 fully saturated rings. The van der Waals surface area contributed by atoms with Crippen molar-refractivity contribution in [2.45, 2.75) is 39.5 Å². The molecule has 0 bridgehead atoms. The lowest BCUT2D eigenvalue weighted by molar-refractivity contribution is -0.153. The molecule has 6 heteroatoms. The molecule has 1 aliphatic carbocycles. The standard InChI is InChI=1S/C16H22N2O4/c1-10-13(11(2)22-17-10)7-14(19)18-8-12-5-4-6-16(12,9-18)15(20)21-3/h12H,4-9H2,1-3H3/t12-,16+/m1/s1. The number of rotatable bonds is 3. The van der Waals surface area contributed by atoms with Crippen molar-refractivity contribution in [2.24, 2.45) is 11.3 Å². The number of nitrogens with zero attached hydrogens (tertiary/aromatic N) is 2. The summed E-state index contributed by atoms with van der Waals surface area (Å²) < 4.78 is 10.1. The van der Waals surface area contributed by atoms with E-state index in [1.807, 2.05) is 18.7 Å². The predicted molar refractivity (Wildman–Crippen MR) is 78.1 cm³/mol. The van der Waals surface area contributed by atoms with Crippen LogP contribution in [0.25, 0.3) is 0 Å². The molecule has 0 aromatic carbocycles. The molecule has 2 aliphatic rings. The summed E-state index contributed by atoms with van der Waals surface area (Å²) in [7, 11) is 1.43. The van der Waals surface area contributed by atoms with Crippen LogP contribution in [0.15, 0.2) is 4.52 Å². The Balaban J connectivity index is 1.75. The third-order valence-corrected chi connectivity index (χ3v) is 5.32. The lowest BCUT2D eigenvalue weighted by atomic mass is 9.81. The van der Waals surface area contributed by atoms with Gasteiger partial charge < -0.3 is 14.2 Å². The first-order valence-corrected chi connectivity index (χ1v) is 7.76. The minimum absolute atomic E-state index is 0.0343. The fourth-order valence-corrected chi connectivity index (χ4v) is 4.03. The number of methoxy groups -OCH3 is 1. The highest BCUT2D eigenvalue weighted by atomic mass is 16.5. The van der Waals surface area contributed by atoms with Gasteiger partial charge in [0.15, 0.2) is 0 Å². The van der Waals surface area contributed by atoms with Crippen molar-refractivity contribution in [1.29, 1.82) is 0 Å². The van der Waals surface area contributed by atoms with Gasteiger partial charge in [-0.05, 0) is 32.6 Å². The number of hydrogen-bond acceptors (Lipinski definition) is 5. The summed E-state index contributed by atoms with van der Waals surface area (Å²) in [4.78, 5) is 26.6. The summed E-state index contributed by atoms with van der Waals surface area (Å²) in [6.07, 6.45) is 3.13. The van der Waals surface area contributed by atoms with E-state index in [0.717, 1.165) is 30.5 Å². The Morgan fingerprint density at radius 3 is 2.86 bits per heavy atom. The number of carbonyl (C=O) groups is 2. The van der Waals surface area contributed by atoms with Gasteiger partial charge in [-0.15, -0.1) is 0 Å². The molecule has 1 saturated heterocycles. The van der Waals surface area contributed by atoms with E-state index in [4.69, 9.17) is 9.26 Å². The number of hydrogen-bond donors (Lipinski definition) is 0. The molecular weight excluding hydrogens is 284 g/mol. The molecule has 1 aliphatic heterocycles. The van der Waals surface area contributed by atoms with Crippen LogP contribution < -0.4 is 0 Å². The van der Waals surface area contributed by atoms with Gasteiger partial charge in [-0.25, -0.2) is 0 Å². The van der Waals surface area contributed by atoms with Crippen LogP contribution in [0.2, 0.25) is 0 Å². The van der Waals surface area contributed by atoms with E-state index < -0.39 is 5.41 Å². The fourth-order valence-electron chi connectivity index (χ4n) is 4.03. The quantitative estimate of drug-likeness (QED) is 0.794. The second-order valence-electron chi connectivity index (χ2n) is 6.49. The van der Waals surface area contributed by atoms with E-state index in [1.165, 1.54) is 7.11 Å². The predicted octanol–water partition coefficient (Wildman–Crippen LogP) is 1.64. The average molecular weight is 306 g/mol. The molecule has 1 amide bonds. The Kier molecular flexibility index (Phi) is 3.70. The Hall–Kier alpha value is -1.85. The molecule has 0 unspecified atom stereocenters. The van der Waals surface area contributed by atoms with Crippen LogP contribution in [0.1, 0.15) is 36.3 Å². The van der Waals surface area contributed by atoms with Gasteiger partial charge in [-0.1, -0.05) is 11.6 Å². The summed E-state index contributed by atoms with van der Waals surface area (Å²) in [6, 6.07) is 0. The van der Waals surface area contributed by atoms with Gasteiger partial charge in [0.25, 0.3) is 0 Å². The third-order valence-electron chi connectivity index (χ3n) is 5.32. The zero-order valence-electron chi connectivity index (χ0n) is 13.3. The van der Waals surface area contributed by atoms with E-state index in [1.54, 1.807) is 0 Å². The van der Waals surface area contributed by atoms with Crippen molar-refractivity contribution in [3.63, 3.8) is 0 Å². The molecule has 2 atom stereocenters. The number of esters is 1. The van der Waals surface area contributed by atoms with Crippen molar-refractivity contribution in [3.05, 3.63) is 17.0 Å². The average Bonchev–Trinajstić information content (AvgIpc) is 3.14. The number of aryl methyl sites for hydroxylation is 2. The highest BCUT2D eigenvalue weighted by Gasteiger charge is 2.56. The van der Waals surface area contributed by atoms with Crippen molar-refractivity contribution in [2.75, 3.05) is 20.2 Å². The van der Waals surface area contributed by atoms with Crippen LogP contribution in [-0.4, -0.2) is 42.1 Å². The number of fused-ring (bicyclic) bond motifs is 1. The minimum atomic E-state index is -0.483. The smallest absolute Gasteiger partial charge is 0.313 e. The molecule has 22 heavy (non-hydrogen) atoms. The molecule has 6 nitrogen and oxygen atoms in total. The summed E-state index contributed by atoms with van der Waals surface area (Å²) in [5.74, 6) is 0.788. The number of amides is 1. The van der Waals surface area contributed by atoms with Crippen molar-refractivity contribution in [3.8, 4) is 0 Å². The lowest BCUT2D eigenvalue weighted by Crippen LogP contribution is -2.38. The topological polar surface area (TPSA) is 72.6 Å². The first-order chi connectivity index (χ1) is 10.5. The van der Waals surface area contributed by atoms with Crippen LogP contribution >= 0.6 is 0 Å². The van der Waals surface area contributed by atoms with Crippen LogP contribution in [0.3, 0.4) is 0 Å². The van der Waals surface area contributed by atoms with E-state index in [0.29, 0.717) is 18.8 Å². The molecule has 3 rings (SSSR count). The Morgan fingerprint density at radius 1 is 1.45 bits per heavy atom. The molecular formula is C16H22N2O4. The normalized spacial score (nSPS) is 27.0. The fraction of sp³-hybridized carbons (Fsp3) is 0.688. The van der Waals surface area contributed by atoms with Gasteiger partial charge in [-0.3, -0.25) is 9.59 Å². The lowest BCUT2D eigenvalue weighted by Gasteiger charge is -2.25. The van der Waals surface area contributed by atoms with E-state index >= 15 is 0 Å².